The van der Waals surface area contributed by atoms with Crippen LogP contribution in [0.3, 0.4) is 0 Å². The lowest BCUT2D eigenvalue weighted by Crippen LogP contribution is -2.33. The molecule has 1 aliphatic heterocycles. The molecule has 4 rings (SSSR count). The van der Waals surface area contributed by atoms with Crippen molar-refractivity contribution in [1.82, 2.24) is 23.9 Å². The van der Waals surface area contributed by atoms with Crippen LogP contribution in [0.15, 0.2) is 47.8 Å². The van der Waals surface area contributed by atoms with Crippen LogP contribution in [0.25, 0.3) is 0 Å². The number of amides is 1. The number of rotatable bonds is 7. The highest BCUT2D eigenvalue weighted by atomic mass is 35.5. The summed E-state index contributed by atoms with van der Waals surface area (Å²) in [6.45, 7) is -0.995. The number of carbonyl (C=O) groups excluding carboxylic acids is 1. The Morgan fingerprint density at radius 3 is 2.62 bits per heavy atom. The van der Waals surface area contributed by atoms with Crippen molar-refractivity contribution in [3.05, 3.63) is 64.7 Å². The molecule has 0 saturated carbocycles. The Morgan fingerprint density at radius 1 is 1.22 bits per heavy atom. The number of aliphatic hydroxyl groups excluding tert-OH is 1. The molecule has 0 fully saturated rings. The second-order valence-electron chi connectivity index (χ2n) is 7.22. The average Bonchev–Trinajstić information content (AvgIpc) is 3.44. The van der Waals surface area contributed by atoms with Crippen LogP contribution in [0, 0.1) is 0 Å². The van der Waals surface area contributed by atoms with E-state index in [2.05, 4.69) is 10.2 Å². The summed E-state index contributed by atoms with van der Waals surface area (Å²) >= 11 is 6.16. The molecule has 3 heterocycles. The maximum atomic E-state index is 13.0. The fourth-order valence-electron chi connectivity index (χ4n) is 3.52. The zero-order valence-electron chi connectivity index (χ0n) is 16.5. The summed E-state index contributed by atoms with van der Waals surface area (Å²) in [7, 11) is -4.12. The highest BCUT2D eigenvalue weighted by Gasteiger charge is 2.34. The van der Waals surface area contributed by atoms with Gasteiger partial charge in [0.2, 0.25) is 5.91 Å². The number of alkyl halides is 2. The van der Waals surface area contributed by atoms with Crippen molar-refractivity contribution in [1.29, 1.82) is 0 Å². The summed E-state index contributed by atoms with van der Waals surface area (Å²) in [4.78, 5) is 14.2. The first-order valence-electron chi connectivity index (χ1n) is 9.48. The van der Waals surface area contributed by atoms with Gasteiger partial charge in [0.05, 0.1) is 31.0 Å². The van der Waals surface area contributed by atoms with Crippen molar-refractivity contribution < 1.29 is 27.1 Å². The van der Waals surface area contributed by atoms with E-state index in [9.17, 15) is 27.1 Å². The maximum Gasteiger partial charge on any atom is 0.286 e. The minimum Gasteiger partial charge on any atom is -0.395 e. The highest BCUT2D eigenvalue weighted by Crippen LogP contribution is 2.30. The van der Waals surface area contributed by atoms with Crippen LogP contribution < -0.4 is 0 Å². The van der Waals surface area contributed by atoms with Crippen molar-refractivity contribution in [2.45, 2.75) is 36.9 Å². The van der Waals surface area contributed by atoms with Gasteiger partial charge in [0.1, 0.15) is 11.4 Å². The summed E-state index contributed by atoms with van der Waals surface area (Å²) in [5.74, 6) is -1.22. The van der Waals surface area contributed by atoms with Gasteiger partial charge in [-0.25, -0.2) is 8.78 Å². The molecule has 0 aliphatic carbocycles. The second kappa shape index (κ2) is 8.60. The largest absolute Gasteiger partial charge is 0.395 e. The van der Waals surface area contributed by atoms with Gasteiger partial charge in [0, 0.05) is 29.5 Å². The van der Waals surface area contributed by atoms with E-state index in [1.165, 1.54) is 11.1 Å². The third-order valence-corrected chi connectivity index (χ3v) is 6.94. The molecule has 1 atom stereocenters. The Kier molecular flexibility index (Phi) is 6.01. The first-order valence-corrected chi connectivity index (χ1v) is 11.3. The Morgan fingerprint density at radius 2 is 1.97 bits per heavy atom. The Bertz CT molecular complexity index is 1240. The Labute approximate surface area is 186 Å². The van der Waals surface area contributed by atoms with Crippen LogP contribution >= 0.6 is 11.6 Å². The van der Waals surface area contributed by atoms with E-state index in [-0.39, 0.29) is 23.9 Å². The molecular formula is C19H18ClF2N5O4S. The van der Waals surface area contributed by atoms with Gasteiger partial charge in [0.25, 0.3) is 16.4 Å². The molecule has 0 saturated heterocycles. The third kappa shape index (κ3) is 4.12. The number of aliphatic hydroxyl groups is 1. The Hall–Kier alpha value is -2.83. The number of carbonyl (C=O) groups is 1. The summed E-state index contributed by atoms with van der Waals surface area (Å²) in [5, 5.41) is 17.9. The molecule has 0 spiro atoms. The molecule has 3 aromatic rings. The maximum absolute atomic E-state index is 13.0. The lowest BCUT2D eigenvalue weighted by Gasteiger charge is -2.22. The van der Waals surface area contributed by atoms with Crippen LogP contribution in [0.4, 0.5) is 8.78 Å². The van der Waals surface area contributed by atoms with Gasteiger partial charge in [-0.15, -0.1) is 0 Å². The first-order chi connectivity index (χ1) is 15.2. The SMILES string of the molecule is O=C([C@@H](CO)c1ccccc1Cl)N1Cc2cn(S(=O)(=O)c3cnn(CC(F)F)c3)nc2C1. The summed E-state index contributed by atoms with van der Waals surface area (Å²) in [6.07, 6.45) is 0.609. The smallest absolute Gasteiger partial charge is 0.286 e. The summed E-state index contributed by atoms with van der Waals surface area (Å²) in [5.41, 5.74) is 1.41. The number of hydrogen-bond donors (Lipinski definition) is 1. The molecule has 1 amide bonds. The van der Waals surface area contributed by atoms with E-state index in [1.54, 1.807) is 24.3 Å². The number of halogens is 3. The fraction of sp³-hybridized carbons (Fsp3) is 0.316. The van der Waals surface area contributed by atoms with Gasteiger partial charge in [0.15, 0.2) is 0 Å². The van der Waals surface area contributed by atoms with Gasteiger partial charge in [-0.05, 0) is 11.6 Å². The zero-order valence-corrected chi connectivity index (χ0v) is 18.0. The van der Waals surface area contributed by atoms with Crippen LogP contribution in [-0.2, 0) is 34.5 Å². The van der Waals surface area contributed by atoms with Crippen LogP contribution in [-0.4, -0.2) is 56.3 Å². The van der Waals surface area contributed by atoms with Crippen LogP contribution in [0.5, 0.6) is 0 Å². The van der Waals surface area contributed by atoms with Crippen LogP contribution in [0.2, 0.25) is 5.02 Å². The number of hydrogen-bond acceptors (Lipinski definition) is 6. The summed E-state index contributed by atoms with van der Waals surface area (Å²) < 4.78 is 52.1. The highest BCUT2D eigenvalue weighted by molar-refractivity contribution is 7.89. The van der Waals surface area contributed by atoms with Gasteiger partial charge in [-0.3, -0.25) is 9.48 Å². The normalized spacial score (nSPS) is 14.7. The quantitative estimate of drug-likeness (QED) is 0.547. The molecule has 9 nitrogen and oxygen atoms in total. The van der Waals surface area contributed by atoms with E-state index in [4.69, 9.17) is 11.6 Å². The molecular weight excluding hydrogens is 468 g/mol. The minimum absolute atomic E-state index is 0.0578. The monoisotopic (exact) mass is 485 g/mol. The van der Waals surface area contributed by atoms with Crippen molar-refractivity contribution in [2.24, 2.45) is 0 Å². The van der Waals surface area contributed by atoms with Gasteiger partial charge in [-0.2, -0.15) is 22.7 Å². The topological polar surface area (TPSA) is 110 Å². The second-order valence-corrected chi connectivity index (χ2v) is 9.42. The standard InChI is InChI=1S/C19H18ClF2N5O4S/c20-16-4-2-1-3-14(16)15(11-28)19(29)25-6-12-7-27(24-17(12)9-25)32(30,31)13-5-23-26(8-13)10-18(21)22/h1-5,7-8,15,18,28H,6,9-11H2/t15-/m0/s1. The number of benzene rings is 1. The first kappa shape index (κ1) is 22.4. The molecule has 0 unspecified atom stereocenters. The van der Waals surface area contributed by atoms with E-state index in [0.29, 0.717) is 21.8 Å². The minimum atomic E-state index is -4.12. The van der Waals surface area contributed by atoms with E-state index in [0.717, 1.165) is 21.2 Å². The van der Waals surface area contributed by atoms with E-state index < -0.39 is 35.5 Å². The van der Waals surface area contributed by atoms with Crippen molar-refractivity contribution in [3.63, 3.8) is 0 Å². The predicted molar refractivity (Wildman–Crippen MR) is 109 cm³/mol. The van der Waals surface area contributed by atoms with Crippen molar-refractivity contribution in [2.75, 3.05) is 6.61 Å². The van der Waals surface area contributed by atoms with Crippen molar-refractivity contribution >= 4 is 27.5 Å². The molecule has 1 aliphatic rings. The Balaban J connectivity index is 1.52. The molecule has 1 N–H and O–H groups in total. The molecule has 0 bridgehead atoms. The predicted octanol–water partition coefficient (Wildman–Crippen LogP) is 1.85. The van der Waals surface area contributed by atoms with E-state index >= 15 is 0 Å². The number of fused-ring (bicyclic) bond motifs is 1. The molecule has 0 radical (unpaired) electrons. The van der Waals surface area contributed by atoms with Gasteiger partial charge < -0.3 is 10.0 Å². The fourth-order valence-corrected chi connectivity index (χ4v) is 4.91. The number of aromatic nitrogens is 4. The summed E-state index contributed by atoms with van der Waals surface area (Å²) in [6, 6.07) is 6.73. The average molecular weight is 486 g/mol. The molecule has 1 aromatic carbocycles. The van der Waals surface area contributed by atoms with Gasteiger partial charge in [-0.1, -0.05) is 29.8 Å². The van der Waals surface area contributed by atoms with Crippen LogP contribution in [0.1, 0.15) is 22.7 Å². The molecule has 32 heavy (non-hydrogen) atoms. The van der Waals surface area contributed by atoms with E-state index in [1.807, 2.05) is 0 Å². The zero-order chi connectivity index (χ0) is 23.0. The lowest BCUT2D eigenvalue weighted by atomic mass is 9.98. The molecule has 170 valence electrons. The molecule has 2 aromatic heterocycles. The van der Waals surface area contributed by atoms with Gasteiger partial charge >= 0.3 is 0 Å². The number of nitrogens with zero attached hydrogens (tertiary/aromatic N) is 5. The lowest BCUT2D eigenvalue weighted by molar-refractivity contribution is -0.134. The third-order valence-electron chi connectivity index (χ3n) is 5.11. The van der Waals surface area contributed by atoms with Crippen molar-refractivity contribution in [3.8, 4) is 0 Å². The molecule has 13 heteroatoms.